The van der Waals surface area contributed by atoms with Crippen molar-refractivity contribution in [1.29, 1.82) is 0 Å². The molecule has 1 saturated heterocycles. The molecule has 3 nitrogen and oxygen atoms in total. The molecule has 3 heteroatoms. The summed E-state index contributed by atoms with van der Waals surface area (Å²) in [6.45, 7) is 14.8. The van der Waals surface area contributed by atoms with Crippen molar-refractivity contribution in [1.82, 2.24) is 10.2 Å². The van der Waals surface area contributed by atoms with Crippen LogP contribution < -0.4 is 5.32 Å². The summed E-state index contributed by atoms with van der Waals surface area (Å²) in [6.07, 6.45) is 0. The maximum atomic E-state index is 5.84. The van der Waals surface area contributed by atoms with Gasteiger partial charge in [0.2, 0.25) is 0 Å². The van der Waals surface area contributed by atoms with Crippen LogP contribution in [0.25, 0.3) is 0 Å². The van der Waals surface area contributed by atoms with E-state index in [1.54, 1.807) is 0 Å². The van der Waals surface area contributed by atoms with Crippen molar-refractivity contribution < 1.29 is 4.74 Å². The van der Waals surface area contributed by atoms with Crippen molar-refractivity contribution in [3.63, 3.8) is 0 Å². The van der Waals surface area contributed by atoms with Gasteiger partial charge in [0, 0.05) is 25.2 Å². The molecule has 1 fully saturated rings. The van der Waals surface area contributed by atoms with Crippen LogP contribution in [0.1, 0.15) is 44.9 Å². The maximum Gasteiger partial charge on any atom is 0.0753 e. The zero-order valence-corrected chi connectivity index (χ0v) is 14.1. The lowest BCUT2D eigenvalue weighted by atomic mass is 9.96. The first-order valence-electron chi connectivity index (χ1n) is 8.11. The Morgan fingerprint density at radius 1 is 1.29 bits per heavy atom. The Hall–Kier alpha value is -0.900. The second-order valence-electron chi connectivity index (χ2n) is 6.77. The average Bonchev–Trinajstić information content (AvgIpc) is 2.44. The Morgan fingerprint density at radius 3 is 2.52 bits per heavy atom. The van der Waals surface area contributed by atoms with Crippen LogP contribution in [0, 0.1) is 6.92 Å². The molecule has 1 aromatic carbocycles. The Morgan fingerprint density at radius 2 is 1.95 bits per heavy atom. The van der Waals surface area contributed by atoms with Gasteiger partial charge in [0.15, 0.2) is 0 Å². The van der Waals surface area contributed by atoms with Gasteiger partial charge in [-0.25, -0.2) is 0 Å². The highest BCUT2D eigenvalue weighted by Crippen LogP contribution is 2.26. The molecule has 1 aliphatic heterocycles. The van der Waals surface area contributed by atoms with Gasteiger partial charge >= 0.3 is 0 Å². The van der Waals surface area contributed by atoms with E-state index < -0.39 is 0 Å². The van der Waals surface area contributed by atoms with Crippen molar-refractivity contribution >= 4 is 0 Å². The molecule has 0 aromatic heterocycles. The van der Waals surface area contributed by atoms with Crippen molar-refractivity contribution in [3.8, 4) is 0 Å². The molecule has 1 aromatic rings. The summed E-state index contributed by atoms with van der Waals surface area (Å²) in [7, 11) is 0. The Bertz CT molecular complexity index is 441. The number of hydrogen-bond acceptors (Lipinski definition) is 3. The highest BCUT2D eigenvalue weighted by molar-refractivity contribution is 5.25. The van der Waals surface area contributed by atoms with Crippen LogP contribution in [-0.2, 0) is 4.74 Å². The molecule has 2 unspecified atom stereocenters. The summed E-state index contributed by atoms with van der Waals surface area (Å²) in [6, 6.07) is 9.74. The molecule has 1 heterocycles. The van der Waals surface area contributed by atoms with Gasteiger partial charge in [-0.3, -0.25) is 4.90 Å². The van der Waals surface area contributed by atoms with Gasteiger partial charge in [0.25, 0.3) is 0 Å². The van der Waals surface area contributed by atoms with E-state index in [2.05, 4.69) is 69.1 Å². The molecule has 1 aliphatic rings. The van der Waals surface area contributed by atoms with Crippen LogP contribution in [0.5, 0.6) is 0 Å². The number of likely N-dealkylation sites (N-methyl/N-ethyl adjacent to an activating group) is 1. The number of ether oxygens (including phenoxy) is 1. The zero-order valence-electron chi connectivity index (χ0n) is 14.1. The van der Waals surface area contributed by atoms with Gasteiger partial charge in [-0.05, 0) is 39.8 Å². The third-order valence-electron chi connectivity index (χ3n) is 4.37. The molecule has 0 radical (unpaired) electrons. The van der Waals surface area contributed by atoms with E-state index in [-0.39, 0.29) is 5.60 Å². The van der Waals surface area contributed by atoms with E-state index in [0.29, 0.717) is 12.1 Å². The molecule has 2 rings (SSSR count). The van der Waals surface area contributed by atoms with Crippen LogP contribution >= 0.6 is 0 Å². The lowest BCUT2D eigenvalue weighted by molar-refractivity contribution is -0.0986. The summed E-state index contributed by atoms with van der Waals surface area (Å²) < 4.78 is 5.84. The normalized spacial score (nSPS) is 22.0. The van der Waals surface area contributed by atoms with Gasteiger partial charge in [0.1, 0.15) is 0 Å². The first kappa shape index (κ1) is 16.5. The number of benzene rings is 1. The molecule has 1 N–H and O–H groups in total. The van der Waals surface area contributed by atoms with Gasteiger partial charge in [-0.2, -0.15) is 0 Å². The van der Waals surface area contributed by atoms with Crippen LogP contribution in [0.3, 0.4) is 0 Å². The minimum Gasteiger partial charge on any atom is -0.373 e. The van der Waals surface area contributed by atoms with E-state index >= 15 is 0 Å². The highest BCUT2D eigenvalue weighted by atomic mass is 16.5. The SMILES string of the molecule is CCNC(c1ccc(C)cc1)C(C)N1CCOC(C)(C)C1. The number of hydrogen-bond donors (Lipinski definition) is 1. The predicted molar refractivity (Wildman–Crippen MR) is 88.7 cm³/mol. The van der Waals surface area contributed by atoms with Crippen LogP contribution in [0.4, 0.5) is 0 Å². The second-order valence-corrected chi connectivity index (χ2v) is 6.77. The molecule has 0 aliphatic carbocycles. The summed E-state index contributed by atoms with van der Waals surface area (Å²) in [5.41, 5.74) is 2.64. The fourth-order valence-corrected chi connectivity index (χ4v) is 3.17. The molecule has 0 amide bonds. The van der Waals surface area contributed by atoms with Gasteiger partial charge in [-0.15, -0.1) is 0 Å². The molecule has 21 heavy (non-hydrogen) atoms. The Labute approximate surface area is 129 Å². The van der Waals surface area contributed by atoms with Crippen LogP contribution in [-0.4, -0.2) is 42.8 Å². The predicted octanol–water partition coefficient (Wildman–Crippen LogP) is 3.14. The summed E-state index contributed by atoms with van der Waals surface area (Å²) >= 11 is 0. The molecule has 0 bridgehead atoms. The zero-order chi connectivity index (χ0) is 15.5. The quantitative estimate of drug-likeness (QED) is 0.901. The first-order chi connectivity index (χ1) is 9.93. The largest absolute Gasteiger partial charge is 0.373 e. The van der Waals surface area contributed by atoms with Crippen molar-refractivity contribution in [2.24, 2.45) is 0 Å². The van der Waals surface area contributed by atoms with Crippen molar-refractivity contribution in [2.45, 2.75) is 52.3 Å². The van der Waals surface area contributed by atoms with E-state index in [9.17, 15) is 0 Å². The first-order valence-corrected chi connectivity index (χ1v) is 8.11. The number of aryl methyl sites for hydroxylation is 1. The number of rotatable bonds is 5. The number of nitrogens with one attached hydrogen (secondary N) is 1. The molecule has 2 atom stereocenters. The Balaban J connectivity index is 2.15. The fraction of sp³-hybridized carbons (Fsp3) is 0.667. The Kier molecular flexibility index (Phi) is 5.42. The van der Waals surface area contributed by atoms with Gasteiger partial charge < -0.3 is 10.1 Å². The van der Waals surface area contributed by atoms with E-state index in [1.165, 1.54) is 11.1 Å². The molecular weight excluding hydrogens is 260 g/mol. The van der Waals surface area contributed by atoms with Crippen molar-refractivity contribution in [2.75, 3.05) is 26.2 Å². The summed E-state index contributed by atoms with van der Waals surface area (Å²) in [5, 5.41) is 3.66. The highest BCUT2D eigenvalue weighted by Gasteiger charge is 2.33. The van der Waals surface area contributed by atoms with E-state index in [4.69, 9.17) is 4.74 Å². The van der Waals surface area contributed by atoms with E-state index in [0.717, 1.165) is 26.2 Å². The molecule has 0 spiro atoms. The minimum absolute atomic E-state index is 0.0451. The topological polar surface area (TPSA) is 24.5 Å². The monoisotopic (exact) mass is 290 g/mol. The van der Waals surface area contributed by atoms with E-state index in [1.807, 2.05) is 0 Å². The smallest absolute Gasteiger partial charge is 0.0753 e. The van der Waals surface area contributed by atoms with Gasteiger partial charge in [-0.1, -0.05) is 36.8 Å². The number of morpholine rings is 1. The standard InChI is InChI=1S/C18H30N2O/c1-6-19-17(16-9-7-14(2)8-10-16)15(3)20-11-12-21-18(4,5)13-20/h7-10,15,17,19H,6,11-13H2,1-5H3. The van der Waals surface area contributed by atoms with Crippen molar-refractivity contribution in [3.05, 3.63) is 35.4 Å². The minimum atomic E-state index is -0.0451. The van der Waals surface area contributed by atoms with Crippen LogP contribution in [0.2, 0.25) is 0 Å². The van der Waals surface area contributed by atoms with Crippen LogP contribution in [0.15, 0.2) is 24.3 Å². The summed E-state index contributed by atoms with van der Waals surface area (Å²) in [5.74, 6) is 0. The third-order valence-corrected chi connectivity index (χ3v) is 4.37. The maximum absolute atomic E-state index is 5.84. The lowest BCUT2D eigenvalue weighted by Crippen LogP contribution is -2.54. The molecule has 0 saturated carbocycles. The summed E-state index contributed by atoms with van der Waals surface area (Å²) in [4.78, 5) is 2.55. The third kappa shape index (κ3) is 4.29. The number of nitrogens with zero attached hydrogens (tertiary/aromatic N) is 1. The lowest BCUT2D eigenvalue weighted by Gasteiger charge is -2.43. The van der Waals surface area contributed by atoms with Gasteiger partial charge in [0.05, 0.1) is 12.2 Å². The second kappa shape index (κ2) is 6.91. The average molecular weight is 290 g/mol. The molecular formula is C18H30N2O. The fourth-order valence-electron chi connectivity index (χ4n) is 3.17. The molecule has 118 valence electrons.